The van der Waals surface area contributed by atoms with Crippen LogP contribution in [0.1, 0.15) is 42.7 Å². The SMILES string of the molecule is CC(C)(Cc1c(C(=O)NCC2CC=CC2)nc(I)c2ncnnc12)[Si](C)(C)O. The van der Waals surface area contributed by atoms with Crippen molar-refractivity contribution in [3.63, 3.8) is 0 Å². The van der Waals surface area contributed by atoms with Crippen LogP contribution in [0, 0.1) is 9.62 Å². The fourth-order valence-corrected chi connectivity index (χ4v) is 4.38. The van der Waals surface area contributed by atoms with Gasteiger partial charge in [0, 0.05) is 12.1 Å². The molecule has 2 aromatic rings. The molecule has 0 radical (unpaired) electrons. The van der Waals surface area contributed by atoms with Crippen LogP contribution in [0.5, 0.6) is 0 Å². The summed E-state index contributed by atoms with van der Waals surface area (Å²) in [5.74, 6) is 0.231. The second kappa shape index (κ2) is 8.11. The number of allylic oxidation sites excluding steroid dienone is 2. The van der Waals surface area contributed by atoms with E-state index >= 15 is 0 Å². The van der Waals surface area contributed by atoms with Crippen LogP contribution in [-0.4, -0.2) is 45.7 Å². The lowest BCUT2D eigenvalue weighted by atomic mass is 9.98. The minimum absolute atomic E-state index is 0.208. The van der Waals surface area contributed by atoms with E-state index in [1.165, 1.54) is 6.33 Å². The number of nitrogens with one attached hydrogen (secondary N) is 1. The second-order valence-corrected chi connectivity index (χ2v) is 14.0. The Balaban J connectivity index is 2.01. The number of aromatic nitrogens is 4. The van der Waals surface area contributed by atoms with E-state index in [-0.39, 0.29) is 10.9 Å². The van der Waals surface area contributed by atoms with Crippen molar-refractivity contribution < 1.29 is 9.59 Å². The Kier molecular flexibility index (Phi) is 6.16. The van der Waals surface area contributed by atoms with Crippen molar-refractivity contribution in [3.05, 3.63) is 33.4 Å². The highest BCUT2D eigenvalue weighted by Gasteiger charge is 2.40. The fraction of sp³-hybridized carbons (Fsp3) is 0.526. The van der Waals surface area contributed by atoms with Crippen molar-refractivity contribution in [1.82, 2.24) is 25.5 Å². The third-order valence-corrected chi connectivity index (χ3v) is 9.99. The maximum atomic E-state index is 13.0. The number of nitrogens with zero attached hydrogens (tertiary/aromatic N) is 4. The molecule has 0 fully saturated rings. The number of halogens is 1. The molecular formula is C19H26IN5O2Si. The number of carbonyl (C=O) groups excluding carboxylic acids is 1. The average Bonchev–Trinajstić information content (AvgIpc) is 3.14. The molecule has 150 valence electrons. The Labute approximate surface area is 179 Å². The van der Waals surface area contributed by atoms with E-state index in [0.29, 0.717) is 44.9 Å². The molecular weight excluding hydrogens is 485 g/mol. The molecule has 0 bridgehead atoms. The molecule has 1 aliphatic rings. The Morgan fingerprint density at radius 1 is 1.32 bits per heavy atom. The summed E-state index contributed by atoms with van der Waals surface area (Å²) in [6.07, 6.45) is 8.15. The number of hydrogen-bond donors (Lipinski definition) is 2. The number of rotatable bonds is 6. The highest BCUT2D eigenvalue weighted by molar-refractivity contribution is 14.1. The lowest BCUT2D eigenvalue weighted by Crippen LogP contribution is -2.41. The Hall–Kier alpha value is -1.46. The van der Waals surface area contributed by atoms with Crippen molar-refractivity contribution >= 4 is 47.8 Å². The van der Waals surface area contributed by atoms with Crippen LogP contribution in [0.15, 0.2) is 18.5 Å². The standard InChI is InChI=1S/C19H26IN5O2Si/c1-19(2,28(3,4)27)9-13-14-16(22-11-23-25-14)17(20)24-15(13)18(26)21-10-12-7-5-6-8-12/h5-6,11-12,27H,7-10H2,1-4H3,(H,21,26). The first kappa shape index (κ1) is 21.3. The molecule has 1 amide bonds. The van der Waals surface area contributed by atoms with Gasteiger partial charge in [0.1, 0.15) is 26.8 Å². The molecule has 3 rings (SSSR count). The van der Waals surface area contributed by atoms with E-state index in [2.05, 4.69) is 60.2 Å². The maximum absolute atomic E-state index is 13.0. The maximum Gasteiger partial charge on any atom is 0.270 e. The predicted molar refractivity (Wildman–Crippen MR) is 119 cm³/mol. The molecule has 7 nitrogen and oxygen atoms in total. The van der Waals surface area contributed by atoms with Crippen LogP contribution in [0.3, 0.4) is 0 Å². The Bertz CT molecular complexity index is 918. The van der Waals surface area contributed by atoms with Crippen molar-refractivity contribution in [2.75, 3.05) is 6.54 Å². The first-order valence-corrected chi connectivity index (χ1v) is 13.4. The van der Waals surface area contributed by atoms with E-state index in [1.807, 2.05) is 26.9 Å². The zero-order valence-corrected chi connectivity index (χ0v) is 19.8. The van der Waals surface area contributed by atoms with Gasteiger partial charge >= 0.3 is 0 Å². The van der Waals surface area contributed by atoms with Gasteiger partial charge in [0.25, 0.3) is 5.91 Å². The minimum Gasteiger partial charge on any atom is -0.432 e. The molecule has 0 unspecified atom stereocenters. The summed E-state index contributed by atoms with van der Waals surface area (Å²) >= 11 is 2.08. The lowest BCUT2D eigenvalue weighted by molar-refractivity contribution is 0.0941. The zero-order chi connectivity index (χ0) is 20.5. The monoisotopic (exact) mass is 511 g/mol. The van der Waals surface area contributed by atoms with Crippen LogP contribution in [0.4, 0.5) is 0 Å². The highest BCUT2D eigenvalue weighted by atomic mass is 127. The summed E-state index contributed by atoms with van der Waals surface area (Å²) < 4.78 is 0.622. The van der Waals surface area contributed by atoms with Crippen molar-refractivity contribution in [2.45, 2.75) is 51.2 Å². The van der Waals surface area contributed by atoms with E-state index in [0.717, 1.165) is 12.8 Å². The van der Waals surface area contributed by atoms with Gasteiger partial charge in [-0.25, -0.2) is 9.97 Å². The topological polar surface area (TPSA) is 101 Å². The van der Waals surface area contributed by atoms with Gasteiger partial charge in [-0.05, 0) is 65.9 Å². The smallest absolute Gasteiger partial charge is 0.270 e. The van der Waals surface area contributed by atoms with E-state index < -0.39 is 8.32 Å². The van der Waals surface area contributed by atoms with Gasteiger partial charge in [0.05, 0.1) is 0 Å². The molecule has 28 heavy (non-hydrogen) atoms. The van der Waals surface area contributed by atoms with E-state index in [9.17, 15) is 9.59 Å². The predicted octanol–water partition coefficient (Wildman–Crippen LogP) is 3.24. The largest absolute Gasteiger partial charge is 0.432 e. The van der Waals surface area contributed by atoms with Gasteiger partial charge in [-0.1, -0.05) is 26.0 Å². The van der Waals surface area contributed by atoms with Crippen molar-refractivity contribution in [3.8, 4) is 0 Å². The van der Waals surface area contributed by atoms with E-state index in [4.69, 9.17) is 0 Å². The first-order valence-electron chi connectivity index (χ1n) is 9.41. The molecule has 0 saturated heterocycles. The van der Waals surface area contributed by atoms with Crippen LogP contribution >= 0.6 is 22.6 Å². The lowest BCUT2D eigenvalue weighted by Gasteiger charge is -2.35. The number of pyridine rings is 1. The number of carbonyl (C=O) groups is 1. The third-order valence-electron chi connectivity index (χ3n) is 5.74. The van der Waals surface area contributed by atoms with Gasteiger partial charge in [-0.2, -0.15) is 0 Å². The normalized spacial score (nSPS) is 15.4. The molecule has 1 aliphatic carbocycles. The minimum atomic E-state index is -2.50. The Morgan fingerprint density at radius 3 is 2.64 bits per heavy atom. The molecule has 0 atom stereocenters. The summed E-state index contributed by atoms with van der Waals surface area (Å²) in [5, 5.41) is 10.9. The van der Waals surface area contributed by atoms with Crippen LogP contribution in [0.2, 0.25) is 18.1 Å². The molecule has 0 aromatic carbocycles. The van der Waals surface area contributed by atoms with Gasteiger partial charge in [-0.15, -0.1) is 10.2 Å². The molecule has 0 saturated carbocycles. The second-order valence-electron chi connectivity index (χ2n) is 8.53. The van der Waals surface area contributed by atoms with Gasteiger partial charge in [-0.3, -0.25) is 4.79 Å². The van der Waals surface area contributed by atoms with Gasteiger partial charge in [0.2, 0.25) is 0 Å². The summed E-state index contributed by atoms with van der Waals surface area (Å²) in [5.41, 5.74) is 2.28. The summed E-state index contributed by atoms with van der Waals surface area (Å²) in [6, 6.07) is 0. The average molecular weight is 511 g/mol. The highest BCUT2D eigenvalue weighted by Crippen LogP contribution is 2.40. The van der Waals surface area contributed by atoms with Gasteiger partial charge in [0.15, 0.2) is 8.32 Å². The third kappa shape index (κ3) is 4.41. The summed E-state index contributed by atoms with van der Waals surface area (Å²) in [7, 11) is -2.50. The fourth-order valence-electron chi connectivity index (χ4n) is 3.14. The summed E-state index contributed by atoms with van der Waals surface area (Å²) in [4.78, 5) is 32.7. The van der Waals surface area contributed by atoms with Crippen molar-refractivity contribution in [1.29, 1.82) is 0 Å². The van der Waals surface area contributed by atoms with Crippen LogP contribution < -0.4 is 5.32 Å². The van der Waals surface area contributed by atoms with Gasteiger partial charge < -0.3 is 10.1 Å². The molecule has 0 spiro atoms. The number of fused-ring (bicyclic) bond motifs is 1. The molecule has 2 heterocycles. The molecule has 9 heteroatoms. The molecule has 0 aliphatic heterocycles. The number of hydrogen-bond acceptors (Lipinski definition) is 6. The first-order chi connectivity index (χ1) is 13.1. The van der Waals surface area contributed by atoms with Crippen LogP contribution in [0.25, 0.3) is 11.0 Å². The molecule has 2 N–H and O–H groups in total. The van der Waals surface area contributed by atoms with Crippen molar-refractivity contribution in [2.24, 2.45) is 5.92 Å². The van der Waals surface area contributed by atoms with Crippen LogP contribution in [-0.2, 0) is 6.42 Å². The zero-order valence-electron chi connectivity index (χ0n) is 16.7. The number of amides is 1. The van der Waals surface area contributed by atoms with E-state index in [1.54, 1.807) is 0 Å². The quantitative estimate of drug-likeness (QED) is 0.267. The summed E-state index contributed by atoms with van der Waals surface area (Å²) in [6.45, 7) is 8.49. The molecule has 2 aromatic heterocycles. The Morgan fingerprint density at radius 2 is 2.00 bits per heavy atom.